The number of benzene rings is 1. The first-order valence-corrected chi connectivity index (χ1v) is 8.14. The summed E-state index contributed by atoms with van der Waals surface area (Å²) in [4.78, 5) is 14.1. The van der Waals surface area contributed by atoms with E-state index in [4.69, 9.17) is 0 Å². The standard InChI is InChI=1S/C16H21FN6O/c17-15-6-2-1-5-14(15)10-22-7-3-4-13(9-22)8-18-16(24)11-23-12-19-20-21-23/h1-2,5-6,12-13H,3-4,7-11H2,(H,18,24)/t13-/m1/s1. The monoisotopic (exact) mass is 332 g/mol. The van der Waals surface area contributed by atoms with Gasteiger partial charge in [-0.15, -0.1) is 5.10 Å². The molecule has 0 saturated carbocycles. The maximum absolute atomic E-state index is 13.8. The number of carbonyl (C=O) groups excluding carboxylic acids is 1. The Kier molecular flexibility index (Phi) is 5.47. The minimum atomic E-state index is -0.158. The molecule has 1 N–H and O–H groups in total. The van der Waals surface area contributed by atoms with Gasteiger partial charge in [-0.1, -0.05) is 18.2 Å². The van der Waals surface area contributed by atoms with Crippen LogP contribution >= 0.6 is 0 Å². The Bertz CT molecular complexity index is 662. The maximum atomic E-state index is 13.8. The third-order valence-electron chi connectivity index (χ3n) is 4.24. The normalized spacial score (nSPS) is 18.5. The van der Waals surface area contributed by atoms with Crippen molar-refractivity contribution in [1.29, 1.82) is 0 Å². The van der Waals surface area contributed by atoms with Crippen molar-refractivity contribution in [2.45, 2.75) is 25.9 Å². The van der Waals surface area contributed by atoms with Crippen molar-refractivity contribution in [2.75, 3.05) is 19.6 Å². The maximum Gasteiger partial charge on any atom is 0.241 e. The molecule has 2 aromatic rings. The van der Waals surface area contributed by atoms with E-state index in [1.807, 2.05) is 12.1 Å². The molecule has 3 rings (SSSR count). The number of nitrogens with one attached hydrogen (secondary N) is 1. The topological polar surface area (TPSA) is 75.9 Å². The Morgan fingerprint density at radius 2 is 2.25 bits per heavy atom. The summed E-state index contributed by atoms with van der Waals surface area (Å²) in [6.07, 6.45) is 3.54. The van der Waals surface area contributed by atoms with Crippen LogP contribution in [0.3, 0.4) is 0 Å². The third-order valence-corrected chi connectivity index (χ3v) is 4.24. The van der Waals surface area contributed by atoms with Crippen molar-refractivity contribution < 1.29 is 9.18 Å². The summed E-state index contributed by atoms with van der Waals surface area (Å²) >= 11 is 0. The number of likely N-dealkylation sites (tertiary alicyclic amines) is 1. The molecule has 1 amide bonds. The highest BCUT2D eigenvalue weighted by Gasteiger charge is 2.21. The second-order valence-corrected chi connectivity index (χ2v) is 6.15. The molecule has 24 heavy (non-hydrogen) atoms. The number of aromatic nitrogens is 4. The number of hydrogen-bond acceptors (Lipinski definition) is 5. The molecule has 2 heterocycles. The van der Waals surface area contributed by atoms with Gasteiger partial charge in [-0.3, -0.25) is 9.69 Å². The van der Waals surface area contributed by atoms with Gasteiger partial charge in [-0.05, 0) is 41.8 Å². The fourth-order valence-electron chi connectivity index (χ4n) is 3.04. The van der Waals surface area contributed by atoms with Gasteiger partial charge in [0.1, 0.15) is 18.7 Å². The number of rotatable bonds is 6. The molecule has 7 nitrogen and oxygen atoms in total. The SMILES string of the molecule is O=C(Cn1cnnn1)NC[C@H]1CCCN(Cc2ccccc2F)C1. The van der Waals surface area contributed by atoms with Gasteiger partial charge in [-0.25, -0.2) is 9.07 Å². The molecule has 0 aliphatic carbocycles. The number of nitrogens with zero attached hydrogens (tertiary/aromatic N) is 5. The zero-order valence-electron chi connectivity index (χ0n) is 13.4. The number of carbonyl (C=O) groups is 1. The summed E-state index contributed by atoms with van der Waals surface area (Å²) in [5.41, 5.74) is 0.723. The molecular weight excluding hydrogens is 311 g/mol. The largest absolute Gasteiger partial charge is 0.354 e. The average molecular weight is 332 g/mol. The minimum Gasteiger partial charge on any atom is -0.354 e. The Morgan fingerprint density at radius 3 is 3.04 bits per heavy atom. The summed E-state index contributed by atoms with van der Waals surface area (Å²) in [6.45, 7) is 3.18. The molecule has 1 atom stereocenters. The van der Waals surface area contributed by atoms with Gasteiger partial charge in [0, 0.05) is 25.2 Å². The molecule has 1 aliphatic rings. The van der Waals surface area contributed by atoms with Crippen LogP contribution in [0, 0.1) is 11.7 Å². The van der Waals surface area contributed by atoms with E-state index in [2.05, 4.69) is 25.7 Å². The second-order valence-electron chi connectivity index (χ2n) is 6.15. The van der Waals surface area contributed by atoms with Crippen LogP contribution < -0.4 is 5.32 Å². The van der Waals surface area contributed by atoms with E-state index in [1.165, 1.54) is 17.1 Å². The molecule has 0 unspecified atom stereocenters. The second kappa shape index (κ2) is 7.96. The van der Waals surface area contributed by atoms with E-state index in [1.54, 1.807) is 6.07 Å². The first kappa shape index (κ1) is 16.5. The molecule has 1 saturated heterocycles. The summed E-state index contributed by atoms with van der Waals surface area (Å²) in [7, 11) is 0. The Morgan fingerprint density at radius 1 is 1.38 bits per heavy atom. The Balaban J connectivity index is 1.45. The molecule has 1 aromatic heterocycles. The predicted molar refractivity (Wildman–Crippen MR) is 85.2 cm³/mol. The van der Waals surface area contributed by atoms with E-state index >= 15 is 0 Å². The van der Waals surface area contributed by atoms with E-state index < -0.39 is 0 Å². The first-order valence-electron chi connectivity index (χ1n) is 8.14. The smallest absolute Gasteiger partial charge is 0.241 e. The number of amides is 1. The lowest BCUT2D eigenvalue weighted by Gasteiger charge is -2.32. The van der Waals surface area contributed by atoms with Gasteiger partial charge < -0.3 is 5.32 Å². The zero-order valence-corrected chi connectivity index (χ0v) is 13.4. The molecule has 1 aliphatic heterocycles. The minimum absolute atomic E-state index is 0.103. The summed E-state index contributed by atoms with van der Waals surface area (Å²) in [5, 5.41) is 13.6. The number of piperidine rings is 1. The molecule has 1 fully saturated rings. The Labute approximate surface area is 139 Å². The highest BCUT2D eigenvalue weighted by molar-refractivity contribution is 5.75. The van der Waals surface area contributed by atoms with Gasteiger partial charge in [0.05, 0.1) is 0 Å². The van der Waals surface area contributed by atoms with Crippen molar-refractivity contribution in [3.05, 3.63) is 42.0 Å². The molecule has 0 spiro atoms. The summed E-state index contributed by atoms with van der Waals surface area (Å²) in [5.74, 6) is 0.117. The van der Waals surface area contributed by atoms with Gasteiger partial charge in [-0.2, -0.15) is 0 Å². The van der Waals surface area contributed by atoms with E-state index in [9.17, 15) is 9.18 Å². The van der Waals surface area contributed by atoms with Crippen LogP contribution in [0.15, 0.2) is 30.6 Å². The predicted octanol–water partition coefficient (Wildman–Crippen LogP) is 0.841. The summed E-state index contributed by atoms with van der Waals surface area (Å²) < 4.78 is 15.2. The Hall–Kier alpha value is -2.35. The first-order chi connectivity index (χ1) is 11.7. The van der Waals surface area contributed by atoms with Crippen molar-refractivity contribution in [2.24, 2.45) is 5.92 Å². The molecule has 0 bridgehead atoms. The van der Waals surface area contributed by atoms with Gasteiger partial charge in [0.25, 0.3) is 0 Å². The highest BCUT2D eigenvalue weighted by Crippen LogP contribution is 2.19. The lowest BCUT2D eigenvalue weighted by molar-refractivity contribution is -0.122. The van der Waals surface area contributed by atoms with Crippen LogP contribution in [-0.4, -0.2) is 50.6 Å². The van der Waals surface area contributed by atoms with Crippen molar-refractivity contribution in [1.82, 2.24) is 30.4 Å². The quantitative estimate of drug-likeness (QED) is 0.848. The zero-order chi connectivity index (χ0) is 16.8. The van der Waals surface area contributed by atoms with Gasteiger partial charge in [0.15, 0.2) is 0 Å². The van der Waals surface area contributed by atoms with E-state index in [0.717, 1.165) is 31.5 Å². The number of hydrogen-bond donors (Lipinski definition) is 1. The number of tetrazole rings is 1. The van der Waals surface area contributed by atoms with E-state index in [-0.39, 0.29) is 18.3 Å². The lowest BCUT2D eigenvalue weighted by Crippen LogP contribution is -2.41. The van der Waals surface area contributed by atoms with Crippen LogP contribution in [0.1, 0.15) is 18.4 Å². The fraction of sp³-hybridized carbons (Fsp3) is 0.500. The van der Waals surface area contributed by atoms with Crippen LogP contribution in [0.2, 0.25) is 0 Å². The van der Waals surface area contributed by atoms with Crippen LogP contribution in [-0.2, 0) is 17.9 Å². The van der Waals surface area contributed by atoms with Gasteiger partial charge >= 0.3 is 0 Å². The molecule has 1 aromatic carbocycles. The van der Waals surface area contributed by atoms with E-state index in [0.29, 0.717) is 19.0 Å². The number of halogens is 1. The van der Waals surface area contributed by atoms with Gasteiger partial charge in [0.2, 0.25) is 5.91 Å². The average Bonchev–Trinajstić information content (AvgIpc) is 3.08. The summed E-state index contributed by atoms with van der Waals surface area (Å²) in [6, 6.07) is 6.89. The van der Waals surface area contributed by atoms with Crippen molar-refractivity contribution in [3.8, 4) is 0 Å². The van der Waals surface area contributed by atoms with Crippen LogP contribution in [0.4, 0.5) is 4.39 Å². The lowest BCUT2D eigenvalue weighted by atomic mass is 9.97. The molecule has 0 radical (unpaired) electrons. The van der Waals surface area contributed by atoms with Crippen molar-refractivity contribution in [3.63, 3.8) is 0 Å². The van der Waals surface area contributed by atoms with Crippen molar-refractivity contribution >= 4 is 5.91 Å². The molecule has 8 heteroatoms. The fourth-order valence-corrected chi connectivity index (χ4v) is 3.04. The highest BCUT2D eigenvalue weighted by atomic mass is 19.1. The van der Waals surface area contributed by atoms with Crippen LogP contribution in [0.5, 0.6) is 0 Å². The van der Waals surface area contributed by atoms with Crippen LogP contribution in [0.25, 0.3) is 0 Å². The third kappa shape index (κ3) is 4.58. The molecular formula is C16H21FN6O. The molecule has 128 valence electrons.